The van der Waals surface area contributed by atoms with E-state index in [0.717, 1.165) is 11.3 Å². The lowest BCUT2D eigenvalue weighted by atomic mass is 10.2. The van der Waals surface area contributed by atoms with Crippen LogP contribution < -0.4 is 4.74 Å². The van der Waals surface area contributed by atoms with Crippen molar-refractivity contribution in [3.63, 3.8) is 0 Å². The number of ether oxygens (including phenoxy) is 1. The van der Waals surface area contributed by atoms with Crippen molar-refractivity contribution in [2.75, 3.05) is 7.11 Å². The first-order chi connectivity index (χ1) is 10.4. The van der Waals surface area contributed by atoms with Crippen LogP contribution in [0.2, 0.25) is 0 Å². The third kappa shape index (κ3) is 3.02. The van der Waals surface area contributed by atoms with Gasteiger partial charge in [0.2, 0.25) is 0 Å². The van der Waals surface area contributed by atoms with Gasteiger partial charge in [-0.3, -0.25) is 0 Å². The van der Waals surface area contributed by atoms with E-state index < -0.39 is 0 Å². The molecule has 2 heterocycles. The van der Waals surface area contributed by atoms with Gasteiger partial charge in [0, 0.05) is 24.8 Å². The van der Waals surface area contributed by atoms with E-state index in [2.05, 4.69) is 16.3 Å². The summed E-state index contributed by atoms with van der Waals surface area (Å²) in [6.07, 6.45) is 11.4. The molecule has 3 aromatic rings. The predicted molar refractivity (Wildman–Crippen MR) is 80.9 cm³/mol. The van der Waals surface area contributed by atoms with E-state index in [9.17, 15) is 0 Å². The summed E-state index contributed by atoms with van der Waals surface area (Å²) in [6.45, 7) is 0. The minimum atomic E-state index is -0.0860. The van der Waals surface area contributed by atoms with Crippen molar-refractivity contribution in [3.05, 3.63) is 72.8 Å². The van der Waals surface area contributed by atoms with Gasteiger partial charge in [-0.25, -0.2) is 9.36 Å². The average molecular weight is 280 g/mol. The Kier molecular flexibility index (Phi) is 3.82. The lowest BCUT2D eigenvalue weighted by Crippen LogP contribution is -2.16. The maximum absolute atomic E-state index is 5.16. The van der Waals surface area contributed by atoms with Gasteiger partial charge in [-0.05, 0) is 35.9 Å². The molecule has 0 fully saturated rings. The maximum Gasteiger partial charge on any atom is 0.162 e. The molecule has 0 amide bonds. The van der Waals surface area contributed by atoms with Crippen LogP contribution in [0.25, 0.3) is 6.08 Å². The van der Waals surface area contributed by atoms with Crippen LogP contribution in [0.1, 0.15) is 11.7 Å². The number of aromatic nitrogens is 4. The van der Waals surface area contributed by atoms with Crippen molar-refractivity contribution in [2.45, 2.75) is 6.17 Å². The van der Waals surface area contributed by atoms with Gasteiger partial charge < -0.3 is 4.74 Å². The highest BCUT2D eigenvalue weighted by Crippen LogP contribution is 2.15. The van der Waals surface area contributed by atoms with Crippen LogP contribution in [0, 0.1) is 0 Å². The molecule has 0 spiro atoms. The van der Waals surface area contributed by atoms with Crippen molar-refractivity contribution in [1.29, 1.82) is 0 Å². The quantitative estimate of drug-likeness (QED) is 0.722. The maximum atomic E-state index is 5.16. The van der Waals surface area contributed by atoms with Gasteiger partial charge in [0.15, 0.2) is 6.17 Å². The summed E-state index contributed by atoms with van der Waals surface area (Å²) >= 11 is 0. The molecule has 0 atom stereocenters. The topological polar surface area (TPSA) is 44.9 Å². The van der Waals surface area contributed by atoms with Crippen LogP contribution in [0.15, 0.2) is 67.3 Å². The van der Waals surface area contributed by atoms with Crippen LogP contribution >= 0.6 is 0 Å². The Bertz CT molecular complexity index is 650. The van der Waals surface area contributed by atoms with Crippen molar-refractivity contribution >= 4 is 6.08 Å². The van der Waals surface area contributed by atoms with Gasteiger partial charge in [0.05, 0.1) is 7.11 Å². The highest BCUT2D eigenvalue weighted by Gasteiger charge is 2.09. The van der Waals surface area contributed by atoms with E-state index in [1.807, 2.05) is 64.2 Å². The van der Waals surface area contributed by atoms with E-state index >= 15 is 0 Å². The molecule has 0 aliphatic heterocycles. The average Bonchev–Trinajstić information content (AvgIpc) is 3.22. The molecule has 0 aliphatic rings. The second-order valence-corrected chi connectivity index (χ2v) is 4.52. The summed E-state index contributed by atoms with van der Waals surface area (Å²) in [4.78, 5) is 0. The minimum absolute atomic E-state index is 0.0860. The Hall–Kier alpha value is -2.82. The zero-order valence-corrected chi connectivity index (χ0v) is 11.7. The molecule has 106 valence electrons. The predicted octanol–water partition coefficient (Wildman–Crippen LogP) is 2.85. The van der Waals surface area contributed by atoms with E-state index in [0.29, 0.717) is 0 Å². The number of methoxy groups -OCH3 is 1. The summed E-state index contributed by atoms with van der Waals surface area (Å²) in [5.41, 5.74) is 1.10. The first kappa shape index (κ1) is 13.2. The highest BCUT2D eigenvalue weighted by molar-refractivity contribution is 5.51. The normalized spacial score (nSPS) is 11.3. The Morgan fingerprint density at radius 2 is 1.62 bits per heavy atom. The Morgan fingerprint density at radius 3 is 2.10 bits per heavy atom. The van der Waals surface area contributed by atoms with Crippen LogP contribution in [0.3, 0.4) is 0 Å². The smallest absolute Gasteiger partial charge is 0.162 e. The summed E-state index contributed by atoms with van der Waals surface area (Å²) in [5, 5.41) is 8.59. The minimum Gasteiger partial charge on any atom is -0.497 e. The summed E-state index contributed by atoms with van der Waals surface area (Å²) in [7, 11) is 1.66. The summed E-state index contributed by atoms with van der Waals surface area (Å²) in [5.74, 6) is 0.850. The van der Waals surface area contributed by atoms with Crippen molar-refractivity contribution < 1.29 is 4.74 Å². The molecule has 5 heteroatoms. The van der Waals surface area contributed by atoms with Gasteiger partial charge >= 0.3 is 0 Å². The molecule has 1 aromatic carbocycles. The van der Waals surface area contributed by atoms with Gasteiger partial charge in [-0.15, -0.1) is 0 Å². The molecule has 0 radical (unpaired) electrons. The van der Waals surface area contributed by atoms with Crippen molar-refractivity contribution in [1.82, 2.24) is 19.6 Å². The summed E-state index contributed by atoms with van der Waals surface area (Å²) < 4.78 is 8.87. The first-order valence-electron chi connectivity index (χ1n) is 6.67. The number of hydrogen-bond donors (Lipinski definition) is 0. The molecule has 0 bridgehead atoms. The number of allylic oxidation sites excluding steroid dienone is 1. The third-order valence-corrected chi connectivity index (χ3v) is 3.17. The standard InChI is InChI=1S/C16H16N4O/c1-21-15-7-4-14(5-8-15)6-9-16(19-12-2-10-17-19)20-13-3-11-18-20/h2-13,16H,1H3/b9-6+. The molecule has 21 heavy (non-hydrogen) atoms. The first-order valence-corrected chi connectivity index (χ1v) is 6.67. The summed E-state index contributed by atoms with van der Waals surface area (Å²) in [6, 6.07) is 11.7. The zero-order valence-electron chi connectivity index (χ0n) is 11.7. The van der Waals surface area contributed by atoms with Crippen LogP contribution in [0.4, 0.5) is 0 Å². The molecule has 0 saturated carbocycles. The monoisotopic (exact) mass is 280 g/mol. The fourth-order valence-corrected chi connectivity index (χ4v) is 2.08. The van der Waals surface area contributed by atoms with E-state index in [4.69, 9.17) is 4.74 Å². The SMILES string of the molecule is COc1ccc(/C=C/C(n2cccn2)n2cccn2)cc1. The van der Waals surface area contributed by atoms with E-state index in [-0.39, 0.29) is 6.17 Å². The van der Waals surface area contributed by atoms with Crippen LogP contribution in [-0.4, -0.2) is 26.7 Å². The molecule has 5 nitrogen and oxygen atoms in total. The van der Waals surface area contributed by atoms with Crippen molar-refractivity contribution in [3.8, 4) is 5.75 Å². The molecular weight excluding hydrogens is 264 g/mol. The van der Waals surface area contributed by atoms with Crippen LogP contribution in [0.5, 0.6) is 5.75 Å². The number of nitrogens with zero attached hydrogens (tertiary/aromatic N) is 4. The molecule has 0 saturated heterocycles. The molecule has 0 unspecified atom stereocenters. The van der Waals surface area contributed by atoms with Crippen LogP contribution in [-0.2, 0) is 0 Å². The molecule has 0 aliphatic carbocycles. The molecule has 3 rings (SSSR count). The van der Waals surface area contributed by atoms with E-state index in [1.165, 1.54) is 0 Å². The van der Waals surface area contributed by atoms with Gasteiger partial charge in [-0.2, -0.15) is 10.2 Å². The zero-order chi connectivity index (χ0) is 14.5. The second-order valence-electron chi connectivity index (χ2n) is 4.52. The van der Waals surface area contributed by atoms with Gasteiger partial charge in [0.25, 0.3) is 0 Å². The number of hydrogen-bond acceptors (Lipinski definition) is 3. The number of benzene rings is 1. The fraction of sp³-hybridized carbons (Fsp3) is 0.125. The molecule has 0 N–H and O–H groups in total. The van der Waals surface area contributed by atoms with Gasteiger partial charge in [0.1, 0.15) is 5.75 Å². The third-order valence-electron chi connectivity index (χ3n) is 3.17. The molecule has 2 aromatic heterocycles. The van der Waals surface area contributed by atoms with E-state index in [1.54, 1.807) is 19.5 Å². The number of rotatable bonds is 5. The largest absolute Gasteiger partial charge is 0.497 e. The van der Waals surface area contributed by atoms with Crippen molar-refractivity contribution in [2.24, 2.45) is 0 Å². The Labute approximate surface area is 123 Å². The molecular formula is C16H16N4O. The highest BCUT2D eigenvalue weighted by atomic mass is 16.5. The lowest BCUT2D eigenvalue weighted by Gasteiger charge is -2.14. The lowest BCUT2D eigenvalue weighted by molar-refractivity contribution is 0.415. The Balaban J connectivity index is 1.85. The fourth-order valence-electron chi connectivity index (χ4n) is 2.08. The van der Waals surface area contributed by atoms with Gasteiger partial charge in [-0.1, -0.05) is 18.2 Å². The Morgan fingerprint density at radius 1 is 1.00 bits per heavy atom. The second kappa shape index (κ2) is 6.09.